The second kappa shape index (κ2) is 5.84. The molecule has 1 heterocycles. The number of aromatic nitrogens is 2. The minimum absolute atomic E-state index is 0.0592. The van der Waals surface area contributed by atoms with Crippen molar-refractivity contribution in [2.45, 2.75) is 19.9 Å². The first-order chi connectivity index (χ1) is 8.60. The number of carbonyl (C=O) groups is 1. The summed E-state index contributed by atoms with van der Waals surface area (Å²) in [6.45, 7) is 2.82. The van der Waals surface area contributed by atoms with Crippen LogP contribution in [0.2, 0.25) is 5.02 Å². The summed E-state index contributed by atoms with van der Waals surface area (Å²) in [5.74, 6) is 0.0592. The molecule has 5 heteroatoms. The van der Waals surface area contributed by atoms with Gasteiger partial charge in [0.05, 0.1) is 11.2 Å². The summed E-state index contributed by atoms with van der Waals surface area (Å²) >= 11 is 8.15. The average molecular weight is 375 g/mol. The monoisotopic (exact) mass is 374 g/mol. The van der Waals surface area contributed by atoms with Gasteiger partial charge in [0.1, 0.15) is 0 Å². The molecule has 0 aliphatic rings. The SMILES string of the molecule is CCn1cc(CC(=O)c2ccc(I)c(Cl)c2)cn1. The molecule has 0 saturated heterocycles. The Bertz CT molecular complexity index is 580. The molecule has 2 rings (SSSR count). The van der Waals surface area contributed by atoms with Gasteiger partial charge in [-0.25, -0.2) is 0 Å². The summed E-state index contributed by atoms with van der Waals surface area (Å²) in [5, 5.41) is 4.77. The standard InChI is InChI=1S/C13H12ClIN2O/c1-2-17-8-9(7-16-17)5-13(18)10-3-4-12(15)11(14)6-10/h3-4,6-8H,2,5H2,1H3. The van der Waals surface area contributed by atoms with Gasteiger partial charge in [-0.05, 0) is 47.2 Å². The molecule has 0 fully saturated rings. The summed E-state index contributed by atoms with van der Waals surface area (Å²) in [4.78, 5) is 12.1. The number of benzene rings is 1. The number of carbonyl (C=O) groups excluding carboxylic acids is 1. The summed E-state index contributed by atoms with van der Waals surface area (Å²) in [6, 6.07) is 5.38. The Hall–Kier alpha value is -0.880. The molecule has 0 aliphatic heterocycles. The maximum absolute atomic E-state index is 12.1. The molecule has 0 bridgehead atoms. The van der Waals surface area contributed by atoms with Gasteiger partial charge in [-0.15, -0.1) is 0 Å². The molecule has 0 N–H and O–H groups in total. The van der Waals surface area contributed by atoms with Crippen LogP contribution in [0, 0.1) is 3.57 Å². The van der Waals surface area contributed by atoms with Gasteiger partial charge in [-0.1, -0.05) is 17.7 Å². The van der Waals surface area contributed by atoms with Gasteiger partial charge < -0.3 is 0 Å². The molecule has 0 spiro atoms. The van der Waals surface area contributed by atoms with Gasteiger partial charge >= 0.3 is 0 Å². The number of nitrogens with zero attached hydrogens (tertiary/aromatic N) is 2. The van der Waals surface area contributed by atoms with E-state index in [-0.39, 0.29) is 5.78 Å². The van der Waals surface area contributed by atoms with Gasteiger partial charge in [-0.3, -0.25) is 9.48 Å². The molecule has 18 heavy (non-hydrogen) atoms. The first-order valence-electron chi connectivity index (χ1n) is 5.59. The van der Waals surface area contributed by atoms with Crippen LogP contribution >= 0.6 is 34.2 Å². The highest BCUT2D eigenvalue weighted by Gasteiger charge is 2.10. The van der Waals surface area contributed by atoms with Crippen LogP contribution in [0.4, 0.5) is 0 Å². The Morgan fingerprint density at radius 2 is 2.28 bits per heavy atom. The largest absolute Gasteiger partial charge is 0.294 e. The van der Waals surface area contributed by atoms with Crippen LogP contribution < -0.4 is 0 Å². The van der Waals surface area contributed by atoms with Crippen molar-refractivity contribution in [3.8, 4) is 0 Å². The van der Waals surface area contributed by atoms with Crippen LogP contribution in [0.25, 0.3) is 0 Å². The van der Waals surface area contributed by atoms with Crippen LogP contribution in [0.1, 0.15) is 22.8 Å². The molecule has 0 atom stereocenters. The van der Waals surface area contributed by atoms with E-state index in [0.29, 0.717) is 17.0 Å². The van der Waals surface area contributed by atoms with Crippen molar-refractivity contribution in [1.29, 1.82) is 0 Å². The Morgan fingerprint density at radius 3 is 2.89 bits per heavy atom. The molecule has 0 unspecified atom stereocenters. The van der Waals surface area contributed by atoms with E-state index in [1.54, 1.807) is 18.3 Å². The molecule has 3 nitrogen and oxygen atoms in total. The van der Waals surface area contributed by atoms with E-state index in [1.165, 1.54) is 0 Å². The Morgan fingerprint density at radius 1 is 1.50 bits per heavy atom. The third-order valence-electron chi connectivity index (χ3n) is 2.62. The summed E-state index contributed by atoms with van der Waals surface area (Å²) in [5.41, 5.74) is 1.57. The van der Waals surface area contributed by atoms with E-state index in [9.17, 15) is 4.79 Å². The van der Waals surface area contributed by atoms with E-state index < -0.39 is 0 Å². The fraction of sp³-hybridized carbons (Fsp3) is 0.231. The molecule has 0 amide bonds. The van der Waals surface area contributed by atoms with Crippen molar-refractivity contribution < 1.29 is 4.79 Å². The van der Waals surface area contributed by atoms with Crippen molar-refractivity contribution in [3.05, 3.63) is 50.3 Å². The van der Waals surface area contributed by atoms with Crippen molar-refractivity contribution in [2.75, 3.05) is 0 Å². The van der Waals surface area contributed by atoms with E-state index in [2.05, 4.69) is 27.7 Å². The quantitative estimate of drug-likeness (QED) is 0.605. The summed E-state index contributed by atoms with van der Waals surface area (Å²) in [6.07, 6.45) is 3.98. The van der Waals surface area contributed by atoms with Crippen LogP contribution in [0.3, 0.4) is 0 Å². The lowest BCUT2D eigenvalue weighted by Crippen LogP contribution is -2.03. The van der Waals surface area contributed by atoms with Crippen molar-refractivity contribution >= 4 is 40.0 Å². The Labute approximate surface area is 124 Å². The molecule has 1 aromatic carbocycles. The zero-order valence-corrected chi connectivity index (χ0v) is 12.8. The Balaban J connectivity index is 2.14. The maximum Gasteiger partial charge on any atom is 0.167 e. The van der Waals surface area contributed by atoms with Gasteiger partial charge in [0, 0.05) is 28.3 Å². The van der Waals surface area contributed by atoms with Crippen LogP contribution in [0.15, 0.2) is 30.6 Å². The molecule has 2 aromatic rings. The van der Waals surface area contributed by atoms with Gasteiger partial charge in [0.15, 0.2) is 5.78 Å². The van der Waals surface area contributed by atoms with E-state index in [0.717, 1.165) is 15.7 Å². The second-order valence-electron chi connectivity index (χ2n) is 3.93. The molecule has 0 radical (unpaired) electrons. The highest BCUT2D eigenvalue weighted by atomic mass is 127. The molecule has 0 saturated carbocycles. The molecule has 0 aliphatic carbocycles. The van der Waals surface area contributed by atoms with Crippen LogP contribution in [0.5, 0.6) is 0 Å². The lowest BCUT2D eigenvalue weighted by Gasteiger charge is -2.01. The van der Waals surface area contributed by atoms with E-state index in [1.807, 2.05) is 23.9 Å². The third kappa shape index (κ3) is 3.11. The van der Waals surface area contributed by atoms with Crippen LogP contribution in [-0.4, -0.2) is 15.6 Å². The van der Waals surface area contributed by atoms with Gasteiger partial charge in [0.25, 0.3) is 0 Å². The zero-order valence-electron chi connectivity index (χ0n) is 9.86. The van der Waals surface area contributed by atoms with Gasteiger partial charge in [0.2, 0.25) is 0 Å². The predicted molar refractivity (Wildman–Crippen MR) is 80.1 cm³/mol. The minimum Gasteiger partial charge on any atom is -0.294 e. The smallest absolute Gasteiger partial charge is 0.167 e. The number of Topliss-reactive ketones (excluding diaryl/α,β-unsaturated/α-hetero) is 1. The highest BCUT2D eigenvalue weighted by Crippen LogP contribution is 2.20. The van der Waals surface area contributed by atoms with Crippen molar-refractivity contribution in [3.63, 3.8) is 0 Å². The average Bonchev–Trinajstić information content (AvgIpc) is 2.80. The normalized spacial score (nSPS) is 10.6. The molecular formula is C13H12ClIN2O. The van der Waals surface area contributed by atoms with Crippen molar-refractivity contribution in [1.82, 2.24) is 9.78 Å². The number of rotatable bonds is 4. The number of ketones is 1. The number of hydrogen-bond acceptors (Lipinski definition) is 2. The topological polar surface area (TPSA) is 34.9 Å². The lowest BCUT2D eigenvalue weighted by atomic mass is 10.1. The lowest BCUT2D eigenvalue weighted by molar-refractivity contribution is 0.0993. The summed E-state index contributed by atoms with van der Waals surface area (Å²) in [7, 11) is 0. The second-order valence-corrected chi connectivity index (χ2v) is 5.50. The molecule has 1 aromatic heterocycles. The van der Waals surface area contributed by atoms with Crippen molar-refractivity contribution in [2.24, 2.45) is 0 Å². The summed E-state index contributed by atoms with van der Waals surface area (Å²) < 4.78 is 2.76. The highest BCUT2D eigenvalue weighted by molar-refractivity contribution is 14.1. The first kappa shape index (κ1) is 13.5. The molecular weight excluding hydrogens is 363 g/mol. The number of aryl methyl sites for hydroxylation is 1. The third-order valence-corrected chi connectivity index (χ3v) is 4.19. The predicted octanol–water partition coefficient (Wildman–Crippen LogP) is 3.59. The van der Waals surface area contributed by atoms with Crippen LogP contribution in [-0.2, 0) is 13.0 Å². The fourth-order valence-corrected chi connectivity index (χ4v) is 2.14. The first-order valence-corrected chi connectivity index (χ1v) is 7.05. The number of halogens is 2. The maximum atomic E-state index is 12.1. The van der Waals surface area contributed by atoms with E-state index >= 15 is 0 Å². The van der Waals surface area contributed by atoms with E-state index in [4.69, 9.17) is 11.6 Å². The minimum atomic E-state index is 0.0592. The zero-order chi connectivity index (χ0) is 13.1. The van der Waals surface area contributed by atoms with Gasteiger partial charge in [-0.2, -0.15) is 5.10 Å². The Kier molecular flexibility index (Phi) is 4.40. The number of hydrogen-bond donors (Lipinski definition) is 0. The molecule has 94 valence electrons. The fourth-order valence-electron chi connectivity index (χ4n) is 1.63.